The minimum Gasteiger partial charge on any atom is -0.497 e. The van der Waals surface area contributed by atoms with Crippen molar-refractivity contribution in [1.29, 1.82) is 0 Å². The Balaban J connectivity index is 2.07. The molecule has 0 fully saturated rings. The number of nitrogens with one attached hydrogen (secondary N) is 1. The first-order valence-electron chi connectivity index (χ1n) is 7.41. The molecule has 0 aliphatic rings. The van der Waals surface area contributed by atoms with Crippen molar-refractivity contribution in [3.8, 4) is 34.0 Å². The van der Waals surface area contributed by atoms with Crippen LogP contribution < -0.4 is 9.47 Å². The molecule has 0 amide bonds. The smallest absolute Gasteiger partial charge is 0.170 e. The van der Waals surface area contributed by atoms with E-state index in [1.165, 1.54) is 11.8 Å². The zero-order chi connectivity index (χ0) is 16.9. The molecule has 0 radical (unpaired) electrons. The van der Waals surface area contributed by atoms with E-state index in [0.29, 0.717) is 0 Å². The Labute approximate surface area is 145 Å². The van der Waals surface area contributed by atoms with Crippen molar-refractivity contribution >= 4 is 11.8 Å². The number of benzene rings is 2. The van der Waals surface area contributed by atoms with Gasteiger partial charge in [0.15, 0.2) is 5.16 Å². The average Bonchev–Trinajstić information content (AvgIpc) is 3.06. The SMILES string of the molecule is C=CSc1nc(-c2ccc(OC)cc2)c(-c2ccc(OC)cc2)[nH]1. The highest BCUT2D eigenvalue weighted by Crippen LogP contribution is 2.34. The van der Waals surface area contributed by atoms with E-state index in [4.69, 9.17) is 14.5 Å². The highest BCUT2D eigenvalue weighted by Gasteiger charge is 2.14. The van der Waals surface area contributed by atoms with E-state index in [1.54, 1.807) is 19.6 Å². The lowest BCUT2D eigenvalue weighted by Crippen LogP contribution is -1.87. The first kappa shape index (κ1) is 16.2. The molecule has 122 valence electrons. The van der Waals surface area contributed by atoms with Gasteiger partial charge in [-0.15, -0.1) is 0 Å². The summed E-state index contributed by atoms with van der Waals surface area (Å²) in [5.74, 6) is 1.64. The molecule has 0 atom stereocenters. The zero-order valence-corrected chi connectivity index (χ0v) is 14.4. The van der Waals surface area contributed by atoms with Crippen LogP contribution in [0, 0.1) is 0 Å². The Hall–Kier alpha value is -2.66. The van der Waals surface area contributed by atoms with Crippen LogP contribution in [0.1, 0.15) is 0 Å². The van der Waals surface area contributed by atoms with Crippen LogP contribution in [-0.4, -0.2) is 24.2 Å². The molecule has 0 bridgehead atoms. The van der Waals surface area contributed by atoms with Gasteiger partial charge in [0.1, 0.15) is 11.5 Å². The maximum absolute atomic E-state index is 5.23. The predicted octanol–water partition coefficient (Wildman–Crippen LogP) is 5.00. The van der Waals surface area contributed by atoms with Gasteiger partial charge in [-0.2, -0.15) is 0 Å². The van der Waals surface area contributed by atoms with E-state index in [-0.39, 0.29) is 0 Å². The van der Waals surface area contributed by atoms with E-state index < -0.39 is 0 Å². The summed E-state index contributed by atoms with van der Waals surface area (Å²) in [4.78, 5) is 8.08. The van der Waals surface area contributed by atoms with Crippen LogP contribution in [0.2, 0.25) is 0 Å². The normalized spacial score (nSPS) is 10.4. The molecule has 0 spiro atoms. The van der Waals surface area contributed by atoms with Crippen LogP contribution in [0.25, 0.3) is 22.5 Å². The summed E-state index contributed by atoms with van der Waals surface area (Å²) in [5.41, 5.74) is 3.93. The minimum absolute atomic E-state index is 0.807. The molecule has 0 unspecified atom stereocenters. The lowest BCUT2D eigenvalue weighted by atomic mass is 10.0. The largest absolute Gasteiger partial charge is 0.497 e. The lowest BCUT2D eigenvalue weighted by molar-refractivity contribution is 0.414. The molecule has 2 aromatic carbocycles. The summed E-state index contributed by atoms with van der Waals surface area (Å²) in [6.45, 7) is 3.76. The molecule has 0 saturated heterocycles. The second-order valence-electron chi connectivity index (χ2n) is 5.01. The van der Waals surface area contributed by atoms with Crippen molar-refractivity contribution in [3.05, 3.63) is 60.5 Å². The molecular weight excluding hydrogens is 320 g/mol. The van der Waals surface area contributed by atoms with Crippen LogP contribution in [0.15, 0.2) is 65.7 Å². The fourth-order valence-electron chi connectivity index (χ4n) is 2.41. The third-order valence-corrected chi connectivity index (χ3v) is 4.20. The fraction of sp³-hybridized carbons (Fsp3) is 0.105. The molecule has 0 aliphatic heterocycles. The number of aromatic amines is 1. The third-order valence-electron chi connectivity index (χ3n) is 3.62. The molecule has 5 heteroatoms. The van der Waals surface area contributed by atoms with Gasteiger partial charge >= 0.3 is 0 Å². The Morgan fingerprint density at radius 3 is 1.96 bits per heavy atom. The van der Waals surface area contributed by atoms with Crippen LogP contribution in [0.3, 0.4) is 0 Å². The molecule has 1 aromatic heterocycles. The Morgan fingerprint density at radius 1 is 0.917 bits per heavy atom. The van der Waals surface area contributed by atoms with Crippen molar-refractivity contribution in [2.24, 2.45) is 0 Å². The number of H-pyrrole nitrogens is 1. The monoisotopic (exact) mass is 338 g/mol. The summed E-state index contributed by atoms with van der Waals surface area (Å²) in [5, 5.41) is 2.57. The van der Waals surface area contributed by atoms with E-state index in [2.05, 4.69) is 11.6 Å². The van der Waals surface area contributed by atoms with Gasteiger partial charge < -0.3 is 14.5 Å². The Kier molecular flexibility index (Phi) is 4.91. The molecule has 24 heavy (non-hydrogen) atoms. The summed E-state index contributed by atoms with van der Waals surface area (Å²) in [6.07, 6.45) is 0. The van der Waals surface area contributed by atoms with Crippen LogP contribution in [0.5, 0.6) is 11.5 Å². The third kappa shape index (κ3) is 3.31. The zero-order valence-electron chi connectivity index (χ0n) is 13.6. The second-order valence-corrected chi connectivity index (χ2v) is 5.96. The van der Waals surface area contributed by atoms with Crippen molar-refractivity contribution < 1.29 is 9.47 Å². The van der Waals surface area contributed by atoms with E-state index in [0.717, 1.165) is 39.2 Å². The number of aromatic nitrogens is 2. The van der Waals surface area contributed by atoms with Crippen molar-refractivity contribution in [2.45, 2.75) is 5.16 Å². The number of hydrogen-bond acceptors (Lipinski definition) is 4. The van der Waals surface area contributed by atoms with E-state index >= 15 is 0 Å². The first-order valence-corrected chi connectivity index (χ1v) is 8.29. The highest BCUT2D eigenvalue weighted by molar-refractivity contribution is 8.02. The van der Waals surface area contributed by atoms with E-state index in [9.17, 15) is 0 Å². The number of rotatable bonds is 6. The molecule has 3 aromatic rings. The number of imidazole rings is 1. The lowest BCUT2D eigenvalue weighted by Gasteiger charge is -2.06. The van der Waals surface area contributed by atoms with Gasteiger partial charge in [-0.05, 0) is 53.9 Å². The minimum atomic E-state index is 0.807. The number of methoxy groups -OCH3 is 2. The van der Waals surface area contributed by atoms with Gasteiger partial charge in [0.2, 0.25) is 0 Å². The van der Waals surface area contributed by atoms with Crippen molar-refractivity contribution in [3.63, 3.8) is 0 Å². The first-order chi connectivity index (χ1) is 11.7. The summed E-state index contributed by atoms with van der Waals surface area (Å²) in [7, 11) is 3.32. The summed E-state index contributed by atoms with van der Waals surface area (Å²) in [6, 6.07) is 15.8. The summed E-state index contributed by atoms with van der Waals surface area (Å²) >= 11 is 1.46. The van der Waals surface area contributed by atoms with Gasteiger partial charge in [0, 0.05) is 11.1 Å². The van der Waals surface area contributed by atoms with E-state index in [1.807, 2.05) is 48.5 Å². The number of nitrogens with zero attached hydrogens (tertiary/aromatic N) is 1. The van der Waals surface area contributed by atoms with Crippen molar-refractivity contribution in [2.75, 3.05) is 14.2 Å². The van der Waals surface area contributed by atoms with Gasteiger partial charge in [-0.25, -0.2) is 4.98 Å². The van der Waals surface area contributed by atoms with Crippen LogP contribution >= 0.6 is 11.8 Å². The number of thioether (sulfide) groups is 1. The number of ether oxygens (including phenoxy) is 2. The molecule has 3 rings (SSSR count). The molecule has 1 N–H and O–H groups in total. The molecule has 0 saturated carbocycles. The Morgan fingerprint density at radius 2 is 1.46 bits per heavy atom. The standard InChI is InChI=1S/C19H18N2O2S/c1-4-24-19-20-17(13-5-9-15(22-2)10-6-13)18(21-19)14-7-11-16(23-3)12-8-14/h4-12H,1H2,2-3H3,(H,20,21). The van der Waals surface area contributed by atoms with Gasteiger partial charge in [0.05, 0.1) is 25.6 Å². The molecule has 4 nitrogen and oxygen atoms in total. The van der Waals surface area contributed by atoms with Crippen LogP contribution in [-0.2, 0) is 0 Å². The van der Waals surface area contributed by atoms with Crippen LogP contribution in [0.4, 0.5) is 0 Å². The summed E-state index contributed by atoms with van der Waals surface area (Å²) < 4.78 is 10.5. The quantitative estimate of drug-likeness (QED) is 0.643. The number of hydrogen-bond donors (Lipinski definition) is 1. The second kappa shape index (κ2) is 7.27. The van der Waals surface area contributed by atoms with Gasteiger partial charge in [-0.3, -0.25) is 0 Å². The Bertz CT molecular complexity index is 759. The maximum atomic E-state index is 5.23. The fourth-order valence-corrected chi connectivity index (χ4v) is 2.87. The van der Waals surface area contributed by atoms with Gasteiger partial charge in [0.25, 0.3) is 0 Å². The highest BCUT2D eigenvalue weighted by atomic mass is 32.2. The predicted molar refractivity (Wildman–Crippen MR) is 98.6 cm³/mol. The molecule has 0 aliphatic carbocycles. The maximum Gasteiger partial charge on any atom is 0.170 e. The topological polar surface area (TPSA) is 47.1 Å². The average molecular weight is 338 g/mol. The van der Waals surface area contributed by atoms with Crippen molar-refractivity contribution in [1.82, 2.24) is 9.97 Å². The van der Waals surface area contributed by atoms with Gasteiger partial charge in [-0.1, -0.05) is 18.3 Å². The molecule has 1 heterocycles. The molecular formula is C19H18N2O2S.